The maximum Gasteiger partial charge on any atom is 0.330 e. The van der Waals surface area contributed by atoms with Crippen LogP contribution >= 0.6 is 11.3 Å². The number of esters is 1. The van der Waals surface area contributed by atoms with Gasteiger partial charge in [0, 0.05) is 17.0 Å². The molecular weight excluding hydrogens is 218 g/mol. The smallest absolute Gasteiger partial charge is 0.330 e. The number of nitrogens with zero attached hydrogens (tertiary/aromatic N) is 1. The third-order valence-electron chi connectivity index (χ3n) is 1.46. The predicted octanol–water partition coefficient (Wildman–Crippen LogP) is 2.23. The van der Waals surface area contributed by atoms with Crippen LogP contribution in [-0.4, -0.2) is 17.5 Å². The van der Waals surface area contributed by atoms with Gasteiger partial charge in [0.05, 0.1) is 11.5 Å². The van der Waals surface area contributed by atoms with Gasteiger partial charge in [-0.15, -0.1) is 0 Å². The van der Waals surface area contributed by atoms with Crippen molar-refractivity contribution in [3.05, 3.63) is 33.2 Å². The first-order valence-corrected chi connectivity index (χ1v) is 5.04. The van der Waals surface area contributed by atoms with Crippen LogP contribution in [-0.2, 0) is 9.53 Å². The number of rotatable bonds is 4. The van der Waals surface area contributed by atoms with Crippen molar-refractivity contribution in [1.82, 2.24) is 0 Å². The second-order valence-corrected chi connectivity index (χ2v) is 3.61. The zero-order valence-corrected chi connectivity index (χ0v) is 8.82. The summed E-state index contributed by atoms with van der Waals surface area (Å²) in [6, 6.07) is 2.98. The quantitative estimate of drug-likeness (QED) is 0.342. The van der Waals surface area contributed by atoms with Gasteiger partial charge in [-0.05, 0) is 19.1 Å². The lowest BCUT2D eigenvalue weighted by Crippen LogP contribution is -1.98. The van der Waals surface area contributed by atoms with E-state index in [2.05, 4.69) is 4.74 Å². The van der Waals surface area contributed by atoms with Crippen LogP contribution < -0.4 is 0 Å². The van der Waals surface area contributed by atoms with E-state index in [0.717, 1.165) is 11.3 Å². The van der Waals surface area contributed by atoms with Gasteiger partial charge in [0.2, 0.25) is 0 Å². The molecule has 0 spiro atoms. The highest BCUT2D eigenvalue weighted by molar-refractivity contribution is 7.16. The Bertz CT molecular complexity index is 397. The van der Waals surface area contributed by atoms with Crippen LogP contribution in [0.3, 0.4) is 0 Å². The number of thiophene rings is 1. The Morgan fingerprint density at radius 1 is 1.67 bits per heavy atom. The van der Waals surface area contributed by atoms with E-state index in [1.165, 1.54) is 18.2 Å². The number of nitro groups is 1. The molecule has 15 heavy (non-hydrogen) atoms. The average Bonchev–Trinajstić information content (AvgIpc) is 2.63. The minimum atomic E-state index is -0.466. The molecule has 0 radical (unpaired) electrons. The van der Waals surface area contributed by atoms with E-state index in [4.69, 9.17) is 0 Å². The van der Waals surface area contributed by atoms with Crippen molar-refractivity contribution in [3.8, 4) is 0 Å². The van der Waals surface area contributed by atoms with Crippen molar-refractivity contribution in [2.45, 2.75) is 6.92 Å². The zero-order valence-electron chi connectivity index (χ0n) is 8.00. The van der Waals surface area contributed by atoms with Crippen molar-refractivity contribution in [2.24, 2.45) is 0 Å². The maximum atomic E-state index is 10.9. The summed E-state index contributed by atoms with van der Waals surface area (Å²) in [5, 5.41) is 10.4. The second kappa shape index (κ2) is 5.26. The fourth-order valence-corrected chi connectivity index (χ4v) is 1.59. The lowest BCUT2D eigenvalue weighted by atomic mass is 10.4. The summed E-state index contributed by atoms with van der Waals surface area (Å²) >= 11 is 1.01. The number of carbonyl (C=O) groups is 1. The monoisotopic (exact) mass is 227 g/mol. The van der Waals surface area contributed by atoms with Gasteiger partial charge in [0.1, 0.15) is 0 Å². The van der Waals surface area contributed by atoms with Crippen LogP contribution in [0.1, 0.15) is 11.8 Å². The molecule has 0 aliphatic rings. The largest absolute Gasteiger partial charge is 0.463 e. The van der Waals surface area contributed by atoms with Gasteiger partial charge in [-0.1, -0.05) is 11.3 Å². The third kappa shape index (κ3) is 3.51. The van der Waals surface area contributed by atoms with Crippen molar-refractivity contribution < 1.29 is 14.5 Å². The van der Waals surface area contributed by atoms with Crippen molar-refractivity contribution >= 4 is 28.4 Å². The van der Waals surface area contributed by atoms with Crippen LogP contribution in [0.5, 0.6) is 0 Å². The molecular formula is C9H9NO4S. The molecule has 0 aromatic carbocycles. The normalized spacial score (nSPS) is 10.5. The summed E-state index contributed by atoms with van der Waals surface area (Å²) in [4.78, 5) is 21.5. The van der Waals surface area contributed by atoms with Crippen LogP contribution in [0, 0.1) is 10.1 Å². The molecule has 0 saturated carbocycles. The first kappa shape index (κ1) is 11.4. The van der Waals surface area contributed by atoms with Crippen LogP contribution in [0.25, 0.3) is 6.08 Å². The highest BCUT2D eigenvalue weighted by atomic mass is 32.1. The van der Waals surface area contributed by atoms with E-state index in [9.17, 15) is 14.9 Å². The Kier molecular flexibility index (Phi) is 3.99. The fourth-order valence-electron chi connectivity index (χ4n) is 0.870. The first-order chi connectivity index (χ1) is 7.13. The molecule has 1 rings (SSSR count). The highest BCUT2D eigenvalue weighted by Gasteiger charge is 2.07. The molecule has 0 amide bonds. The van der Waals surface area contributed by atoms with Gasteiger partial charge in [0.25, 0.3) is 0 Å². The van der Waals surface area contributed by atoms with Crippen molar-refractivity contribution in [2.75, 3.05) is 6.61 Å². The summed E-state index contributed by atoms with van der Waals surface area (Å²) in [6.07, 6.45) is 2.74. The third-order valence-corrected chi connectivity index (χ3v) is 2.46. The molecule has 0 aliphatic carbocycles. The number of ether oxygens (including phenoxy) is 1. The Hall–Kier alpha value is -1.69. The van der Waals surface area contributed by atoms with Gasteiger partial charge in [-0.2, -0.15) is 0 Å². The minimum absolute atomic E-state index is 0.0542. The van der Waals surface area contributed by atoms with E-state index in [1.807, 2.05) is 0 Å². The maximum absolute atomic E-state index is 10.9. The first-order valence-electron chi connectivity index (χ1n) is 4.22. The molecule has 6 heteroatoms. The lowest BCUT2D eigenvalue weighted by molar-refractivity contribution is -0.380. The summed E-state index contributed by atoms with van der Waals surface area (Å²) in [5.41, 5.74) is 0. The molecule has 0 N–H and O–H groups in total. The molecule has 0 unspecified atom stereocenters. The molecule has 0 bridgehead atoms. The van der Waals surface area contributed by atoms with E-state index < -0.39 is 10.9 Å². The molecule has 1 heterocycles. The standard InChI is InChI=1S/C9H9NO4S/c1-2-14-9(11)6-4-7-3-5-8(15-7)10(12)13/h3-6H,2H2,1H3. The molecule has 5 nitrogen and oxygen atoms in total. The fraction of sp³-hybridized carbons (Fsp3) is 0.222. The number of hydrogen-bond donors (Lipinski definition) is 0. The van der Waals surface area contributed by atoms with Gasteiger partial charge < -0.3 is 4.74 Å². The predicted molar refractivity (Wildman–Crippen MR) is 56.6 cm³/mol. The van der Waals surface area contributed by atoms with Crippen molar-refractivity contribution in [1.29, 1.82) is 0 Å². The highest BCUT2D eigenvalue weighted by Crippen LogP contribution is 2.24. The molecule has 1 aromatic heterocycles. The molecule has 0 saturated heterocycles. The topological polar surface area (TPSA) is 69.4 Å². The van der Waals surface area contributed by atoms with Gasteiger partial charge in [-0.25, -0.2) is 4.79 Å². The number of hydrogen-bond acceptors (Lipinski definition) is 5. The van der Waals surface area contributed by atoms with E-state index >= 15 is 0 Å². The Morgan fingerprint density at radius 2 is 2.40 bits per heavy atom. The van der Waals surface area contributed by atoms with E-state index in [-0.39, 0.29) is 5.00 Å². The van der Waals surface area contributed by atoms with Gasteiger partial charge in [0.15, 0.2) is 0 Å². The molecule has 1 aromatic rings. The van der Waals surface area contributed by atoms with Crippen LogP contribution in [0.15, 0.2) is 18.2 Å². The summed E-state index contributed by atoms with van der Waals surface area (Å²) in [5.74, 6) is -0.450. The molecule has 0 fully saturated rings. The lowest BCUT2D eigenvalue weighted by Gasteiger charge is -1.92. The summed E-state index contributed by atoms with van der Waals surface area (Å²) in [7, 11) is 0. The molecule has 0 aliphatic heterocycles. The van der Waals surface area contributed by atoms with E-state index in [1.54, 1.807) is 13.0 Å². The molecule has 80 valence electrons. The van der Waals surface area contributed by atoms with Crippen molar-refractivity contribution in [3.63, 3.8) is 0 Å². The summed E-state index contributed by atoms with van der Waals surface area (Å²) in [6.45, 7) is 2.02. The SMILES string of the molecule is CCOC(=O)C=Cc1ccc([N+](=O)[O-])s1. The van der Waals surface area contributed by atoms with Gasteiger partial charge >= 0.3 is 11.0 Å². The zero-order chi connectivity index (χ0) is 11.3. The second-order valence-electron chi connectivity index (χ2n) is 2.52. The average molecular weight is 227 g/mol. The summed E-state index contributed by atoms with van der Waals surface area (Å²) < 4.78 is 4.66. The Labute approximate surface area is 90.1 Å². The number of carbonyl (C=O) groups excluding carboxylic acids is 1. The van der Waals surface area contributed by atoms with Gasteiger partial charge in [-0.3, -0.25) is 10.1 Å². The van der Waals surface area contributed by atoms with E-state index in [0.29, 0.717) is 11.5 Å². The van der Waals surface area contributed by atoms with Crippen LogP contribution in [0.2, 0.25) is 0 Å². The Morgan fingerprint density at radius 3 is 2.93 bits per heavy atom. The minimum Gasteiger partial charge on any atom is -0.463 e. The van der Waals surface area contributed by atoms with Crippen LogP contribution in [0.4, 0.5) is 5.00 Å². The Balaban J connectivity index is 2.64. The molecule has 0 atom stereocenters.